The molecule has 0 aliphatic heterocycles. The summed E-state index contributed by atoms with van der Waals surface area (Å²) < 4.78 is 5.04. The fraction of sp³-hybridized carbons (Fsp3) is 0.368. The van der Waals surface area contributed by atoms with Gasteiger partial charge in [0, 0.05) is 18.1 Å². The maximum Gasteiger partial charge on any atom is 0.621 e. The third kappa shape index (κ3) is 4.52. The van der Waals surface area contributed by atoms with Crippen LogP contribution in [-0.4, -0.2) is 43.6 Å². The fourth-order valence-electron chi connectivity index (χ4n) is 2.68. The van der Waals surface area contributed by atoms with E-state index < -0.39 is 34.6 Å². The molecule has 0 spiro atoms. The summed E-state index contributed by atoms with van der Waals surface area (Å²) in [6.07, 6.45) is 6.14. The number of hydrogen-bond acceptors (Lipinski definition) is 5. The van der Waals surface area contributed by atoms with Crippen molar-refractivity contribution in [3.63, 3.8) is 0 Å². The minimum Gasteiger partial charge on any atom is -0.508 e. The van der Waals surface area contributed by atoms with E-state index in [1.54, 1.807) is 0 Å². The normalized spacial score (nSPS) is 19.1. The highest BCUT2D eigenvalue weighted by molar-refractivity contribution is 6.49. The van der Waals surface area contributed by atoms with Gasteiger partial charge in [-0.15, -0.1) is 0 Å². The van der Waals surface area contributed by atoms with Crippen molar-refractivity contribution < 1.29 is 34.1 Å². The van der Waals surface area contributed by atoms with Crippen molar-refractivity contribution in [3.05, 3.63) is 46.8 Å². The molecule has 1 unspecified atom stereocenters. The Labute approximate surface area is 155 Å². The Hall–Kier alpha value is -3.16. The van der Waals surface area contributed by atoms with Crippen LogP contribution in [-0.2, 0) is 14.0 Å². The van der Waals surface area contributed by atoms with Crippen LogP contribution in [0.25, 0.3) is 0 Å². The van der Waals surface area contributed by atoms with Crippen LogP contribution in [0, 0.1) is 5.92 Å². The molecule has 1 atom stereocenters. The lowest BCUT2D eigenvalue weighted by atomic mass is 9.97. The highest BCUT2D eigenvalue weighted by Gasteiger charge is 2.41. The second-order valence-electron chi connectivity index (χ2n) is 6.26. The summed E-state index contributed by atoms with van der Waals surface area (Å²) >= 11 is 0. The number of amides is 1. The van der Waals surface area contributed by atoms with Crippen LogP contribution < -0.4 is 5.32 Å². The first kappa shape index (κ1) is 20.2. The van der Waals surface area contributed by atoms with Crippen LogP contribution in [0.5, 0.6) is 0 Å². The number of rotatable bonds is 7. The molecule has 0 aromatic carbocycles. The summed E-state index contributed by atoms with van der Waals surface area (Å²) in [5.41, 5.74) is -0.530. The molecule has 2 aliphatic carbocycles. The molecule has 0 bridgehead atoms. The third-order valence-electron chi connectivity index (χ3n) is 4.27. The molecule has 0 saturated heterocycles. The van der Waals surface area contributed by atoms with Crippen molar-refractivity contribution in [2.75, 3.05) is 0 Å². The Balaban J connectivity index is 2.26. The molecule has 2 rings (SSSR count). The predicted molar refractivity (Wildman–Crippen MR) is 97.6 cm³/mol. The smallest absolute Gasteiger partial charge is 0.508 e. The molecule has 0 fully saturated rings. The largest absolute Gasteiger partial charge is 0.621 e. The van der Waals surface area contributed by atoms with Gasteiger partial charge in [0.25, 0.3) is 0 Å². The number of aliphatic hydroxyl groups is 3. The number of carbonyl (C=O) groups excluding carboxylic acids is 4. The first-order chi connectivity index (χ1) is 12.8. The summed E-state index contributed by atoms with van der Waals surface area (Å²) in [6, 6.07) is 0. The van der Waals surface area contributed by atoms with Crippen molar-refractivity contribution in [1.29, 1.82) is 0 Å². The molecular weight excluding hydrogens is 354 g/mol. The molecule has 1 amide bonds. The number of unbranched alkanes of at least 4 members (excludes halogenated alkanes) is 1. The maximum atomic E-state index is 12.5. The minimum absolute atomic E-state index is 0.0938. The first-order valence-electron chi connectivity index (χ1n) is 8.71. The van der Waals surface area contributed by atoms with Crippen molar-refractivity contribution in [2.24, 2.45) is 5.92 Å². The lowest BCUT2D eigenvalue weighted by Gasteiger charge is -2.15. The molecule has 0 radical (unpaired) electrons. The Kier molecular flexibility index (Phi) is 6.33. The second kappa shape index (κ2) is 8.48. The predicted octanol–water partition coefficient (Wildman–Crippen LogP) is 2.10. The van der Waals surface area contributed by atoms with E-state index in [2.05, 4.69) is 5.32 Å². The van der Waals surface area contributed by atoms with Crippen LogP contribution in [0.1, 0.15) is 39.5 Å². The lowest BCUT2D eigenvalue weighted by molar-refractivity contribution is -0.370. The highest BCUT2D eigenvalue weighted by atomic mass is 16.5. The third-order valence-corrected chi connectivity index (χ3v) is 4.27. The van der Waals surface area contributed by atoms with Crippen molar-refractivity contribution in [1.82, 2.24) is 5.32 Å². The van der Waals surface area contributed by atoms with Gasteiger partial charge in [-0.3, -0.25) is 14.0 Å². The topological polar surface area (TPSA) is 140 Å². The standard InChI is InChI=1S/C19H21NO7/c1-3-5-6-10(4-2)18(25)20-12-7-11(21)8-15(24)17(12)27-19(26)16-13(22)9-14(16)23/h7-10H,3-6H2,1-2H3,(H3-,20,21,22,23,24,25,26)/p+2. The Morgan fingerprint density at radius 2 is 1.89 bits per heavy atom. The molecule has 0 aromatic heterocycles. The van der Waals surface area contributed by atoms with E-state index in [1.165, 1.54) is 0 Å². The van der Waals surface area contributed by atoms with Gasteiger partial charge in [-0.1, -0.05) is 26.7 Å². The van der Waals surface area contributed by atoms with Crippen LogP contribution in [0.4, 0.5) is 0 Å². The van der Waals surface area contributed by atoms with Crippen molar-refractivity contribution in [3.8, 4) is 0 Å². The number of aliphatic hydroxyl groups excluding tert-OH is 3. The monoisotopic (exact) mass is 377 g/mol. The molecule has 8 heteroatoms. The molecule has 5 N–H and O–H groups in total. The highest BCUT2D eigenvalue weighted by Crippen LogP contribution is 2.24. The van der Waals surface area contributed by atoms with Gasteiger partial charge in [-0.05, 0) is 12.8 Å². The Morgan fingerprint density at radius 3 is 2.44 bits per heavy atom. The van der Waals surface area contributed by atoms with Crippen LogP contribution in [0.3, 0.4) is 0 Å². The van der Waals surface area contributed by atoms with Crippen molar-refractivity contribution in [2.45, 2.75) is 39.5 Å². The van der Waals surface area contributed by atoms with E-state index in [0.29, 0.717) is 12.8 Å². The second-order valence-corrected chi connectivity index (χ2v) is 6.26. The van der Waals surface area contributed by atoms with Crippen LogP contribution in [0.15, 0.2) is 46.8 Å². The lowest BCUT2D eigenvalue weighted by Crippen LogP contribution is -2.38. The van der Waals surface area contributed by atoms with Crippen molar-refractivity contribution >= 4 is 23.4 Å². The molecule has 144 valence electrons. The first-order valence-corrected chi connectivity index (χ1v) is 8.71. The number of hydrogen-bond donors (Lipinski definition) is 4. The zero-order valence-electron chi connectivity index (χ0n) is 15.2. The Morgan fingerprint density at radius 1 is 1.19 bits per heavy atom. The fourth-order valence-corrected chi connectivity index (χ4v) is 2.68. The van der Waals surface area contributed by atoms with E-state index in [4.69, 9.17) is 4.42 Å². The summed E-state index contributed by atoms with van der Waals surface area (Å²) in [5, 5.41) is 31.1. The number of carbonyl (C=O) groups is 2. The average molecular weight is 377 g/mol. The van der Waals surface area contributed by atoms with Crippen LogP contribution in [0.2, 0.25) is 0 Å². The summed E-state index contributed by atoms with van der Waals surface area (Å²) in [5.74, 6) is -3.93. The molecule has 0 aromatic rings. The average Bonchev–Trinajstić information content (AvgIpc) is 2.58. The van der Waals surface area contributed by atoms with Gasteiger partial charge in [-0.25, -0.2) is 0 Å². The molecule has 0 heterocycles. The summed E-state index contributed by atoms with van der Waals surface area (Å²) in [4.78, 5) is 34.6. The van der Waals surface area contributed by atoms with Gasteiger partial charge in [0.1, 0.15) is 23.0 Å². The van der Waals surface area contributed by atoms with E-state index >= 15 is 0 Å². The number of nitrogens with one attached hydrogen (secondary N) is 1. The summed E-state index contributed by atoms with van der Waals surface area (Å²) in [6.45, 7) is 3.89. The van der Waals surface area contributed by atoms with Gasteiger partial charge in [0.05, 0.1) is 10.9 Å². The summed E-state index contributed by atoms with van der Waals surface area (Å²) in [7, 11) is 0. The number of ketones is 2. The van der Waals surface area contributed by atoms with Gasteiger partial charge in [-0.2, -0.15) is 0 Å². The van der Waals surface area contributed by atoms with E-state index in [1.807, 2.05) is 13.8 Å². The molecule has 8 nitrogen and oxygen atoms in total. The number of allylic oxidation sites excluding steroid dienone is 4. The maximum absolute atomic E-state index is 12.5. The molecule has 2 aliphatic rings. The van der Waals surface area contributed by atoms with Gasteiger partial charge < -0.3 is 20.6 Å². The SMILES string of the molecule is CCCCC(CC)C(=O)NC1=CC(O)=CC(=[OH+])C1=[O+]C(=O)C1=C(O)C=C1O. The molecule has 0 saturated carbocycles. The minimum atomic E-state index is -1.11. The Bertz CT molecular complexity index is 827. The zero-order valence-corrected chi connectivity index (χ0v) is 15.2. The quantitative estimate of drug-likeness (QED) is 0.306. The molecule has 27 heavy (non-hydrogen) atoms. The van der Waals surface area contributed by atoms with Gasteiger partial charge in [0.2, 0.25) is 11.5 Å². The van der Waals surface area contributed by atoms with Crippen LogP contribution >= 0.6 is 0 Å². The van der Waals surface area contributed by atoms with Gasteiger partial charge in [0.15, 0.2) is 0 Å². The van der Waals surface area contributed by atoms with E-state index in [9.17, 15) is 29.7 Å². The zero-order chi connectivity index (χ0) is 20.1. The molecular formula is C19H23NO7+2. The van der Waals surface area contributed by atoms with E-state index in [0.717, 1.165) is 31.1 Å². The van der Waals surface area contributed by atoms with Gasteiger partial charge >= 0.3 is 17.5 Å². The van der Waals surface area contributed by atoms with E-state index in [-0.39, 0.29) is 23.3 Å².